The Labute approximate surface area is 239 Å². The number of aliphatic hydroxyl groups excluding tert-OH is 2. The number of rotatable bonds is 12. The minimum atomic E-state index is -3.77. The maximum absolute atomic E-state index is 13.5. The first kappa shape index (κ1) is 33.1. The molecule has 0 amide bonds. The number of benzene rings is 2. The fraction of sp³-hybridized carbons (Fsp3) is 0.571. The van der Waals surface area contributed by atoms with Gasteiger partial charge in [-0.3, -0.25) is 19.6 Å². The van der Waals surface area contributed by atoms with Gasteiger partial charge in [0.05, 0.1) is 12.2 Å². The summed E-state index contributed by atoms with van der Waals surface area (Å²) in [5.74, 6) is 0. The molecule has 2 aromatic rings. The van der Waals surface area contributed by atoms with E-state index in [0.29, 0.717) is 52.4 Å². The smallest absolute Gasteiger partial charge is 0.0639 e. The molecule has 38 heavy (non-hydrogen) atoms. The van der Waals surface area contributed by atoms with Crippen LogP contribution in [0, 0.1) is 0 Å². The number of hydrogen-bond acceptors (Lipinski definition) is 8. The zero-order chi connectivity index (χ0) is 26.7. The van der Waals surface area contributed by atoms with Gasteiger partial charge in [0.15, 0.2) is 0 Å². The monoisotopic (exact) mass is 587 g/mol. The Hall–Kier alpha value is -1.09. The summed E-state index contributed by atoms with van der Waals surface area (Å²) in [5, 5.41) is 19.9. The van der Waals surface area contributed by atoms with E-state index in [1.807, 2.05) is 70.5 Å². The SMILES string of the molecule is C[C@H](O)CN1CCN(C[C@H](C)O)CCN(CP(=O)([O-])CN(Cc2ccccc2)Cc2ccccc2)CC1.[Fe]. The van der Waals surface area contributed by atoms with Crippen molar-refractivity contribution < 1.29 is 36.7 Å². The van der Waals surface area contributed by atoms with E-state index >= 15 is 0 Å². The van der Waals surface area contributed by atoms with E-state index in [2.05, 4.69) is 9.80 Å². The average Bonchev–Trinajstić information content (AvgIpc) is 2.91. The molecule has 214 valence electrons. The Morgan fingerprint density at radius 3 is 1.50 bits per heavy atom. The quantitative estimate of drug-likeness (QED) is 0.288. The number of β-amino-alcohol motifs (C(OH)–C–C–N with tert-alkyl or cyclic N) is 2. The maximum Gasteiger partial charge on any atom is 0.0639 e. The van der Waals surface area contributed by atoms with Crippen LogP contribution in [0.5, 0.6) is 0 Å². The second-order valence-electron chi connectivity index (χ2n) is 10.5. The summed E-state index contributed by atoms with van der Waals surface area (Å²) in [6, 6.07) is 20.0. The summed E-state index contributed by atoms with van der Waals surface area (Å²) in [5.41, 5.74) is 2.17. The van der Waals surface area contributed by atoms with Crippen molar-refractivity contribution in [3.63, 3.8) is 0 Å². The first-order valence-corrected chi connectivity index (χ1v) is 15.3. The van der Waals surface area contributed by atoms with Gasteiger partial charge in [-0.1, -0.05) is 60.7 Å². The van der Waals surface area contributed by atoms with Gasteiger partial charge < -0.3 is 19.7 Å². The van der Waals surface area contributed by atoms with E-state index in [9.17, 15) is 19.7 Å². The molecule has 2 aromatic carbocycles. The second-order valence-corrected chi connectivity index (χ2v) is 12.7. The standard InChI is InChI=1S/C28H45N4O4P.Fe/c1-25(33)19-29-13-14-30(20-26(2)34)16-18-31(17-15-29)23-37(35,36)24-32(21-27-9-5-3-6-10-27)22-28-11-7-4-8-12-28;/h3-12,25-26,33-34H,13-24H2,1-2H3,(H,35,36);/p-1/t25-,26-;/m0./s1. The predicted molar refractivity (Wildman–Crippen MR) is 147 cm³/mol. The predicted octanol–water partition coefficient (Wildman–Crippen LogP) is 1.92. The van der Waals surface area contributed by atoms with E-state index in [0.717, 1.165) is 24.2 Å². The summed E-state index contributed by atoms with van der Waals surface area (Å²) in [7, 11) is -3.77. The molecular formula is C28H44FeN4O4P-. The van der Waals surface area contributed by atoms with E-state index in [1.54, 1.807) is 13.8 Å². The number of aliphatic hydroxyl groups is 2. The summed E-state index contributed by atoms with van der Waals surface area (Å²) in [4.78, 5) is 21.9. The molecule has 0 aromatic heterocycles. The Balaban J connectivity index is 0.00000507. The zero-order valence-electron chi connectivity index (χ0n) is 22.7. The van der Waals surface area contributed by atoms with Crippen molar-refractivity contribution in [2.45, 2.75) is 39.1 Å². The van der Waals surface area contributed by atoms with Crippen molar-refractivity contribution in [1.82, 2.24) is 19.6 Å². The molecule has 10 heteroatoms. The molecule has 0 spiro atoms. The zero-order valence-corrected chi connectivity index (χ0v) is 24.7. The van der Waals surface area contributed by atoms with Gasteiger partial charge in [-0.15, -0.1) is 0 Å². The first-order chi connectivity index (χ1) is 17.7. The molecule has 1 aliphatic heterocycles. The van der Waals surface area contributed by atoms with Crippen LogP contribution in [0.1, 0.15) is 25.0 Å². The molecule has 0 radical (unpaired) electrons. The third-order valence-corrected chi connectivity index (χ3v) is 8.23. The van der Waals surface area contributed by atoms with Crippen LogP contribution < -0.4 is 4.89 Å². The molecule has 8 nitrogen and oxygen atoms in total. The van der Waals surface area contributed by atoms with Crippen LogP contribution in [-0.2, 0) is 34.7 Å². The van der Waals surface area contributed by atoms with E-state index in [4.69, 9.17) is 0 Å². The molecule has 1 unspecified atom stereocenters. The van der Waals surface area contributed by atoms with Crippen LogP contribution in [0.3, 0.4) is 0 Å². The topological polar surface area (TPSA) is 93.5 Å². The molecule has 1 saturated heterocycles. The third kappa shape index (κ3) is 12.8. The van der Waals surface area contributed by atoms with Gasteiger partial charge in [0.25, 0.3) is 0 Å². The van der Waals surface area contributed by atoms with Gasteiger partial charge >= 0.3 is 0 Å². The maximum atomic E-state index is 13.5. The summed E-state index contributed by atoms with van der Waals surface area (Å²) in [6.07, 6.45) is -0.885. The number of hydrogen-bond donors (Lipinski definition) is 2. The van der Waals surface area contributed by atoms with Gasteiger partial charge in [0, 0.05) is 102 Å². The fourth-order valence-corrected chi connectivity index (χ4v) is 6.72. The number of nitrogens with zero attached hydrogens (tertiary/aromatic N) is 4. The summed E-state index contributed by atoms with van der Waals surface area (Å²) < 4.78 is 13.5. The van der Waals surface area contributed by atoms with Crippen LogP contribution in [-0.4, -0.2) is 107 Å². The van der Waals surface area contributed by atoms with Gasteiger partial charge in [0.1, 0.15) is 0 Å². The van der Waals surface area contributed by atoms with Crippen molar-refractivity contribution in [3.8, 4) is 0 Å². The van der Waals surface area contributed by atoms with Crippen LogP contribution in [0.2, 0.25) is 0 Å². The average molecular weight is 588 g/mol. The van der Waals surface area contributed by atoms with Crippen LogP contribution >= 0.6 is 7.37 Å². The fourth-order valence-electron chi connectivity index (χ4n) is 4.93. The van der Waals surface area contributed by atoms with E-state index < -0.39 is 19.6 Å². The van der Waals surface area contributed by atoms with E-state index in [-0.39, 0.29) is 29.6 Å². The van der Waals surface area contributed by atoms with Gasteiger partial charge in [0.2, 0.25) is 0 Å². The van der Waals surface area contributed by atoms with E-state index in [1.165, 1.54) is 0 Å². The van der Waals surface area contributed by atoms with Crippen LogP contribution in [0.25, 0.3) is 0 Å². The minimum absolute atomic E-state index is 0. The minimum Gasteiger partial charge on any atom is -0.798 e. The molecule has 3 rings (SSSR count). The van der Waals surface area contributed by atoms with Crippen molar-refractivity contribution in [1.29, 1.82) is 0 Å². The molecule has 0 saturated carbocycles. The second kappa shape index (κ2) is 16.9. The molecule has 2 N–H and O–H groups in total. The molecule has 0 aliphatic carbocycles. The van der Waals surface area contributed by atoms with Crippen molar-refractivity contribution in [2.75, 3.05) is 64.9 Å². The normalized spacial score (nSPS) is 19.5. The molecule has 1 heterocycles. The van der Waals surface area contributed by atoms with Crippen LogP contribution in [0.15, 0.2) is 60.7 Å². The van der Waals surface area contributed by atoms with Crippen molar-refractivity contribution in [3.05, 3.63) is 71.8 Å². The Morgan fingerprint density at radius 2 is 1.13 bits per heavy atom. The molecule has 1 fully saturated rings. The Bertz CT molecular complexity index is 891. The molecule has 0 bridgehead atoms. The molecule has 1 aliphatic rings. The van der Waals surface area contributed by atoms with Crippen LogP contribution in [0.4, 0.5) is 0 Å². The van der Waals surface area contributed by atoms with Crippen molar-refractivity contribution in [2.24, 2.45) is 0 Å². The Morgan fingerprint density at radius 1 is 0.763 bits per heavy atom. The van der Waals surface area contributed by atoms with Crippen molar-refractivity contribution >= 4 is 7.37 Å². The summed E-state index contributed by atoms with van der Waals surface area (Å²) >= 11 is 0. The molecular weight excluding hydrogens is 543 g/mol. The largest absolute Gasteiger partial charge is 0.798 e. The van der Waals surface area contributed by atoms with Gasteiger partial charge in [-0.2, -0.15) is 0 Å². The third-order valence-electron chi connectivity index (χ3n) is 6.57. The molecule has 3 atom stereocenters. The Kier molecular flexibility index (Phi) is 14.7. The van der Waals surface area contributed by atoms with Gasteiger partial charge in [-0.25, -0.2) is 0 Å². The summed E-state index contributed by atoms with van der Waals surface area (Å²) in [6.45, 7) is 9.98. The first-order valence-electron chi connectivity index (χ1n) is 13.3. The van der Waals surface area contributed by atoms with Gasteiger partial charge in [-0.05, 0) is 25.0 Å².